The second kappa shape index (κ2) is 3.38. The molecule has 1 aliphatic rings. The summed E-state index contributed by atoms with van der Waals surface area (Å²) in [7, 11) is 1.68. The summed E-state index contributed by atoms with van der Waals surface area (Å²) >= 11 is 1.71. The van der Waals surface area contributed by atoms with Gasteiger partial charge in [0, 0.05) is 12.1 Å². The van der Waals surface area contributed by atoms with Crippen molar-refractivity contribution in [2.24, 2.45) is 0 Å². The van der Waals surface area contributed by atoms with Crippen LogP contribution in [-0.4, -0.2) is 18.1 Å². The van der Waals surface area contributed by atoms with Gasteiger partial charge in [0.25, 0.3) is 0 Å². The average Bonchev–Trinajstić information content (AvgIpc) is 2.96. The number of aromatic nitrogens is 1. The molecule has 4 heteroatoms. The van der Waals surface area contributed by atoms with Crippen LogP contribution in [0.1, 0.15) is 12.8 Å². The highest BCUT2D eigenvalue weighted by atomic mass is 32.1. The number of ether oxygens (including phenoxy) is 1. The zero-order valence-corrected chi connectivity index (χ0v) is 9.30. The number of fused-ring (bicyclic) bond motifs is 1. The Morgan fingerprint density at radius 1 is 1.47 bits per heavy atom. The summed E-state index contributed by atoms with van der Waals surface area (Å²) in [5, 5.41) is 4.44. The van der Waals surface area contributed by atoms with Gasteiger partial charge in [0.2, 0.25) is 0 Å². The Morgan fingerprint density at radius 3 is 3.07 bits per heavy atom. The first-order valence-electron chi connectivity index (χ1n) is 5.06. The van der Waals surface area contributed by atoms with Crippen LogP contribution in [0.5, 0.6) is 5.75 Å². The number of rotatable bonds is 3. The lowest BCUT2D eigenvalue weighted by Gasteiger charge is -1.96. The predicted octanol–water partition coefficient (Wildman–Crippen LogP) is 2.88. The normalized spacial score (nSPS) is 15.5. The minimum absolute atomic E-state index is 0.660. The second-order valence-electron chi connectivity index (χ2n) is 3.77. The summed E-state index contributed by atoms with van der Waals surface area (Å²) in [6, 6.07) is 6.67. The van der Waals surface area contributed by atoms with E-state index in [2.05, 4.69) is 16.4 Å². The molecule has 1 N–H and O–H groups in total. The van der Waals surface area contributed by atoms with E-state index in [4.69, 9.17) is 4.74 Å². The van der Waals surface area contributed by atoms with Crippen LogP contribution in [0.4, 0.5) is 5.13 Å². The topological polar surface area (TPSA) is 34.1 Å². The number of nitrogens with zero attached hydrogens (tertiary/aromatic N) is 1. The van der Waals surface area contributed by atoms with Crippen LogP contribution in [0.2, 0.25) is 0 Å². The van der Waals surface area contributed by atoms with Gasteiger partial charge in [0.05, 0.1) is 17.3 Å². The third-order valence-corrected chi connectivity index (χ3v) is 3.47. The number of nitrogens with one attached hydrogen (secondary N) is 1. The van der Waals surface area contributed by atoms with Gasteiger partial charge >= 0.3 is 0 Å². The van der Waals surface area contributed by atoms with Gasteiger partial charge in [-0.3, -0.25) is 0 Å². The van der Waals surface area contributed by atoms with E-state index < -0.39 is 0 Å². The molecule has 1 aromatic heterocycles. The molecular weight excluding hydrogens is 208 g/mol. The summed E-state index contributed by atoms with van der Waals surface area (Å²) in [5.74, 6) is 0.866. The van der Waals surface area contributed by atoms with E-state index >= 15 is 0 Å². The fraction of sp³-hybridized carbons (Fsp3) is 0.364. The number of hydrogen-bond donors (Lipinski definition) is 1. The van der Waals surface area contributed by atoms with E-state index in [0.717, 1.165) is 16.4 Å². The fourth-order valence-corrected chi connectivity index (χ4v) is 2.42. The molecular formula is C11H12N2OS. The molecule has 0 unspecified atom stereocenters. The van der Waals surface area contributed by atoms with Crippen molar-refractivity contribution in [1.82, 2.24) is 4.98 Å². The van der Waals surface area contributed by atoms with Crippen molar-refractivity contribution in [3.63, 3.8) is 0 Å². The molecule has 0 saturated heterocycles. The lowest BCUT2D eigenvalue weighted by Crippen LogP contribution is -1.99. The van der Waals surface area contributed by atoms with Gasteiger partial charge in [-0.05, 0) is 25.0 Å². The summed E-state index contributed by atoms with van der Waals surface area (Å²) in [4.78, 5) is 4.53. The zero-order chi connectivity index (χ0) is 10.3. The van der Waals surface area contributed by atoms with Crippen molar-refractivity contribution in [2.45, 2.75) is 18.9 Å². The maximum atomic E-state index is 5.17. The van der Waals surface area contributed by atoms with Gasteiger partial charge in [0.1, 0.15) is 5.75 Å². The molecule has 3 nitrogen and oxygen atoms in total. The van der Waals surface area contributed by atoms with Crippen molar-refractivity contribution >= 4 is 26.7 Å². The Balaban J connectivity index is 1.97. The van der Waals surface area contributed by atoms with Crippen LogP contribution in [0, 0.1) is 0 Å². The molecule has 15 heavy (non-hydrogen) atoms. The van der Waals surface area contributed by atoms with Crippen molar-refractivity contribution in [2.75, 3.05) is 12.4 Å². The van der Waals surface area contributed by atoms with Crippen LogP contribution in [0.25, 0.3) is 10.2 Å². The molecule has 78 valence electrons. The summed E-state index contributed by atoms with van der Waals surface area (Å²) in [6.45, 7) is 0. The standard InChI is InChI=1S/C11H12N2OS/c1-14-8-4-5-10-9(6-8)13-11(15-10)12-7-2-3-7/h4-7H,2-3H2,1H3,(H,12,13). The molecule has 0 radical (unpaired) electrons. The molecule has 3 rings (SSSR count). The molecule has 1 fully saturated rings. The first-order valence-corrected chi connectivity index (χ1v) is 5.88. The fourth-order valence-electron chi connectivity index (χ4n) is 1.50. The third kappa shape index (κ3) is 1.77. The first-order chi connectivity index (χ1) is 7.35. The Bertz CT molecular complexity index is 490. The second-order valence-corrected chi connectivity index (χ2v) is 4.80. The maximum absolute atomic E-state index is 5.17. The first kappa shape index (κ1) is 8.97. The molecule has 0 bridgehead atoms. The Kier molecular flexibility index (Phi) is 2.02. The van der Waals surface area contributed by atoms with Gasteiger partial charge in [-0.1, -0.05) is 11.3 Å². The monoisotopic (exact) mass is 220 g/mol. The number of anilines is 1. The Labute approximate surface area is 92.1 Å². The summed E-state index contributed by atoms with van der Waals surface area (Å²) < 4.78 is 6.38. The predicted molar refractivity (Wildman–Crippen MR) is 62.8 cm³/mol. The molecule has 1 heterocycles. The van der Waals surface area contributed by atoms with Crippen molar-refractivity contribution in [3.05, 3.63) is 18.2 Å². The number of hydrogen-bond acceptors (Lipinski definition) is 4. The van der Waals surface area contributed by atoms with Crippen molar-refractivity contribution in [1.29, 1.82) is 0 Å². The van der Waals surface area contributed by atoms with E-state index in [1.807, 2.05) is 12.1 Å². The van der Waals surface area contributed by atoms with Crippen LogP contribution in [-0.2, 0) is 0 Å². The minimum Gasteiger partial charge on any atom is -0.497 e. The minimum atomic E-state index is 0.660. The lowest BCUT2D eigenvalue weighted by atomic mass is 10.3. The van der Waals surface area contributed by atoms with Gasteiger partial charge in [-0.2, -0.15) is 0 Å². The molecule has 1 saturated carbocycles. The van der Waals surface area contributed by atoms with Crippen LogP contribution in [0.15, 0.2) is 18.2 Å². The van der Waals surface area contributed by atoms with Crippen molar-refractivity contribution < 1.29 is 4.74 Å². The molecule has 1 aromatic carbocycles. The van der Waals surface area contributed by atoms with E-state index in [1.165, 1.54) is 17.5 Å². The van der Waals surface area contributed by atoms with Gasteiger partial charge in [-0.25, -0.2) is 4.98 Å². The highest BCUT2D eigenvalue weighted by Gasteiger charge is 2.22. The van der Waals surface area contributed by atoms with Crippen LogP contribution < -0.4 is 10.1 Å². The Morgan fingerprint density at radius 2 is 2.33 bits per heavy atom. The number of benzene rings is 1. The van der Waals surface area contributed by atoms with E-state index in [1.54, 1.807) is 18.4 Å². The van der Waals surface area contributed by atoms with Gasteiger partial charge < -0.3 is 10.1 Å². The van der Waals surface area contributed by atoms with Gasteiger partial charge in [0.15, 0.2) is 5.13 Å². The van der Waals surface area contributed by atoms with E-state index in [-0.39, 0.29) is 0 Å². The van der Waals surface area contributed by atoms with Gasteiger partial charge in [-0.15, -0.1) is 0 Å². The quantitative estimate of drug-likeness (QED) is 0.863. The molecule has 0 atom stereocenters. The average molecular weight is 220 g/mol. The van der Waals surface area contributed by atoms with E-state index in [9.17, 15) is 0 Å². The van der Waals surface area contributed by atoms with Crippen LogP contribution >= 0.6 is 11.3 Å². The smallest absolute Gasteiger partial charge is 0.184 e. The third-order valence-electron chi connectivity index (χ3n) is 2.50. The number of thiazole rings is 1. The summed E-state index contributed by atoms with van der Waals surface area (Å²) in [6.07, 6.45) is 2.55. The van der Waals surface area contributed by atoms with E-state index in [0.29, 0.717) is 6.04 Å². The lowest BCUT2D eigenvalue weighted by molar-refractivity contribution is 0.415. The highest BCUT2D eigenvalue weighted by molar-refractivity contribution is 7.22. The molecule has 1 aliphatic carbocycles. The highest BCUT2D eigenvalue weighted by Crippen LogP contribution is 2.32. The Hall–Kier alpha value is -1.29. The largest absolute Gasteiger partial charge is 0.497 e. The SMILES string of the molecule is COc1ccc2sc(NC3CC3)nc2c1. The maximum Gasteiger partial charge on any atom is 0.184 e. The van der Waals surface area contributed by atoms with Crippen LogP contribution in [0.3, 0.4) is 0 Å². The zero-order valence-electron chi connectivity index (χ0n) is 8.49. The summed E-state index contributed by atoms with van der Waals surface area (Å²) in [5.41, 5.74) is 1.02. The molecule has 0 aliphatic heterocycles. The number of methoxy groups -OCH3 is 1. The molecule has 2 aromatic rings. The molecule has 0 amide bonds. The van der Waals surface area contributed by atoms with Crippen molar-refractivity contribution in [3.8, 4) is 5.75 Å². The molecule has 0 spiro atoms.